The van der Waals surface area contributed by atoms with Crippen LogP contribution in [0.3, 0.4) is 0 Å². The number of halogens is 2. The van der Waals surface area contributed by atoms with E-state index in [1.54, 1.807) is 0 Å². The Morgan fingerprint density at radius 1 is 1.14 bits per heavy atom. The topological polar surface area (TPSA) is 102 Å². The first-order valence-corrected chi connectivity index (χ1v) is 10.8. The second kappa shape index (κ2) is 9.49. The lowest BCUT2D eigenvalue weighted by Gasteiger charge is -2.27. The molecule has 0 bridgehead atoms. The molecule has 7 nitrogen and oxygen atoms in total. The summed E-state index contributed by atoms with van der Waals surface area (Å²) in [5.41, 5.74) is 1.84. The molecule has 1 fully saturated rings. The maximum Gasteiger partial charge on any atom is 0.277 e. The van der Waals surface area contributed by atoms with Crippen LogP contribution in [0.2, 0.25) is 0 Å². The molecule has 1 aliphatic carbocycles. The van der Waals surface area contributed by atoms with Crippen LogP contribution in [0.1, 0.15) is 31.2 Å². The summed E-state index contributed by atoms with van der Waals surface area (Å²) in [6.45, 7) is 0.283. The molecule has 2 aliphatic rings. The van der Waals surface area contributed by atoms with Gasteiger partial charge in [-0.2, -0.15) is 0 Å². The predicted octanol–water partition coefficient (Wildman–Crippen LogP) is 2.26. The Labute approximate surface area is 180 Å². The first-order valence-electron chi connectivity index (χ1n) is 9.23. The van der Waals surface area contributed by atoms with Crippen LogP contribution in [0.5, 0.6) is 0 Å². The van der Waals surface area contributed by atoms with Gasteiger partial charge in [0.2, 0.25) is 0 Å². The highest BCUT2D eigenvalue weighted by atomic mass is 79.9. The average Bonchev–Trinajstić information content (AvgIpc) is 2.91. The van der Waals surface area contributed by atoms with Crippen molar-refractivity contribution in [2.45, 2.75) is 44.4 Å². The number of carbonyl (C=O) groups excluding carboxylic acids is 2. The number of hydrogen-bond acceptors (Lipinski definition) is 6. The molecular weight excluding hydrogens is 494 g/mol. The zero-order valence-corrected chi connectivity index (χ0v) is 18.4. The molecule has 152 valence electrons. The molecular formula is C19H23Br2N3O4. The number of imide groups is 1. The average molecular weight is 517 g/mol. The van der Waals surface area contributed by atoms with Crippen molar-refractivity contribution in [2.75, 3.05) is 18.5 Å². The number of β-amino-alcohol motifs (C(OH)–C–C–N with tert-alkyl or cyclic N) is 1. The number of amides is 2. The van der Waals surface area contributed by atoms with Crippen molar-refractivity contribution in [1.29, 1.82) is 0 Å². The SMILES string of the molecule is O=C1C=C(Nc2c(Br)cc(Br)cc2CNC2CCC(O)CC2)C(=O)N1CCO. The lowest BCUT2D eigenvalue weighted by Crippen LogP contribution is -2.35. The van der Waals surface area contributed by atoms with Crippen LogP contribution >= 0.6 is 31.9 Å². The number of aliphatic hydroxyl groups is 2. The van der Waals surface area contributed by atoms with E-state index in [-0.39, 0.29) is 25.0 Å². The molecule has 0 radical (unpaired) electrons. The van der Waals surface area contributed by atoms with E-state index in [1.165, 1.54) is 6.08 Å². The van der Waals surface area contributed by atoms with E-state index in [2.05, 4.69) is 42.5 Å². The summed E-state index contributed by atoms with van der Waals surface area (Å²) in [4.78, 5) is 25.4. The van der Waals surface area contributed by atoms with Crippen molar-refractivity contribution in [3.8, 4) is 0 Å². The molecule has 0 saturated heterocycles. The fourth-order valence-electron chi connectivity index (χ4n) is 3.49. The Hall–Kier alpha value is -1.26. The summed E-state index contributed by atoms with van der Waals surface area (Å²) in [5, 5.41) is 25.3. The zero-order chi connectivity index (χ0) is 20.3. The number of aliphatic hydroxyl groups excluding tert-OH is 2. The van der Waals surface area contributed by atoms with Gasteiger partial charge in [0.05, 0.1) is 24.9 Å². The molecule has 0 spiro atoms. The van der Waals surface area contributed by atoms with Gasteiger partial charge in [0.25, 0.3) is 11.8 Å². The van der Waals surface area contributed by atoms with Gasteiger partial charge in [-0.1, -0.05) is 15.9 Å². The van der Waals surface area contributed by atoms with Crippen molar-refractivity contribution in [3.05, 3.63) is 38.4 Å². The molecule has 1 heterocycles. The molecule has 9 heteroatoms. The molecule has 0 atom stereocenters. The number of rotatable bonds is 7. The molecule has 1 aromatic rings. The molecule has 0 unspecified atom stereocenters. The monoisotopic (exact) mass is 515 g/mol. The highest BCUT2D eigenvalue weighted by molar-refractivity contribution is 9.11. The van der Waals surface area contributed by atoms with Gasteiger partial charge < -0.3 is 20.8 Å². The van der Waals surface area contributed by atoms with Crippen LogP contribution in [0, 0.1) is 0 Å². The van der Waals surface area contributed by atoms with Gasteiger partial charge >= 0.3 is 0 Å². The van der Waals surface area contributed by atoms with Gasteiger partial charge in [-0.15, -0.1) is 0 Å². The Kier molecular flexibility index (Phi) is 7.27. The number of nitrogens with zero attached hydrogens (tertiary/aromatic N) is 1. The van der Waals surface area contributed by atoms with Gasteiger partial charge in [-0.25, -0.2) is 0 Å². The van der Waals surface area contributed by atoms with Crippen molar-refractivity contribution in [2.24, 2.45) is 0 Å². The Bertz CT molecular complexity index is 792. The van der Waals surface area contributed by atoms with Crippen molar-refractivity contribution in [3.63, 3.8) is 0 Å². The molecule has 1 aromatic carbocycles. The molecule has 0 aromatic heterocycles. The van der Waals surface area contributed by atoms with Gasteiger partial charge in [0, 0.05) is 27.6 Å². The minimum Gasteiger partial charge on any atom is -0.395 e. The van der Waals surface area contributed by atoms with E-state index in [1.807, 2.05) is 12.1 Å². The van der Waals surface area contributed by atoms with Crippen molar-refractivity contribution < 1.29 is 19.8 Å². The quantitative estimate of drug-likeness (QED) is 0.415. The fourth-order valence-corrected chi connectivity index (χ4v) is 4.90. The van der Waals surface area contributed by atoms with E-state index in [4.69, 9.17) is 5.11 Å². The van der Waals surface area contributed by atoms with Crippen LogP contribution in [-0.2, 0) is 16.1 Å². The largest absolute Gasteiger partial charge is 0.395 e. The second-order valence-corrected chi connectivity index (χ2v) is 8.78. The first kappa shape index (κ1) is 21.4. The smallest absolute Gasteiger partial charge is 0.277 e. The summed E-state index contributed by atoms with van der Waals surface area (Å²) in [7, 11) is 0. The molecule has 4 N–H and O–H groups in total. The summed E-state index contributed by atoms with van der Waals surface area (Å²) in [5.74, 6) is -0.885. The number of anilines is 1. The van der Waals surface area contributed by atoms with Gasteiger partial charge in [-0.3, -0.25) is 14.5 Å². The highest BCUT2D eigenvalue weighted by Gasteiger charge is 2.31. The first-order chi connectivity index (χ1) is 13.4. The van der Waals surface area contributed by atoms with E-state index in [0.29, 0.717) is 18.3 Å². The molecule has 3 rings (SSSR count). The molecule has 1 aliphatic heterocycles. The van der Waals surface area contributed by atoms with Crippen LogP contribution in [0.4, 0.5) is 5.69 Å². The Balaban J connectivity index is 1.75. The summed E-state index contributed by atoms with van der Waals surface area (Å²) >= 11 is 7.02. The summed E-state index contributed by atoms with van der Waals surface area (Å²) in [6, 6.07) is 4.17. The maximum atomic E-state index is 12.4. The fraction of sp³-hybridized carbons (Fsp3) is 0.474. The van der Waals surface area contributed by atoms with Crippen molar-refractivity contribution >= 4 is 49.4 Å². The minimum atomic E-state index is -0.450. The van der Waals surface area contributed by atoms with E-state index in [0.717, 1.165) is 45.1 Å². The number of hydrogen-bond donors (Lipinski definition) is 4. The third-order valence-corrected chi connectivity index (χ3v) is 6.09. The van der Waals surface area contributed by atoms with E-state index in [9.17, 15) is 14.7 Å². The molecule has 2 amide bonds. The van der Waals surface area contributed by atoms with Crippen LogP contribution in [0.15, 0.2) is 32.9 Å². The predicted molar refractivity (Wildman–Crippen MR) is 112 cm³/mol. The molecule has 28 heavy (non-hydrogen) atoms. The van der Waals surface area contributed by atoms with Crippen LogP contribution < -0.4 is 10.6 Å². The lowest BCUT2D eigenvalue weighted by molar-refractivity contribution is -0.137. The third kappa shape index (κ3) is 5.01. The highest BCUT2D eigenvalue weighted by Crippen LogP contribution is 2.33. The number of nitrogens with one attached hydrogen (secondary N) is 2. The normalized spacial score (nSPS) is 22.6. The maximum absolute atomic E-state index is 12.4. The second-order valence-electron chi connectivity index (χ2n) is 7.01. The Morgan fingerprint density at radius 2 is 1.86 bits per heavy atom. The van der Waals surface area contributed by atoms with Crippen LogP contribution in [-0.4, -0.2) is 52.2 Å². The zero-order valence-electron chi connectivity index (χ0n) is 15.3. The molecule has 1 saturated carbocycles. The van der Waals surface area contributed by atoms with Gasteiger partial charge in [0.15, 0.2) is 0 Å². The number of carbonyl (C=O) groups is 2. The Morgan fingerprint density at radius 3 is 2.54 bits per heavy atom. The van der Waals surface area contributed by atoms with Crippen LogP contribution in [0.25, 0.3) is 0 Å². The van der Waals surface area contributed by atoms with Gasteiger partial charge in [0.1, 0.15) is 5.70 Å². The summed E-state index contributed by atoms with van der Waals surface area (Å²) < 4.78 is 1.66. The minimum absolute atomic E-state index is 0.0250. The van der Waals surface area contributed by atoms with E-state index >= 15 is 0 Å². The number of benzene rings is 1. The van der Waals surface area contributed by atoms with Crippen molar-refractivity contribution in [1.82, 2.24) is 10.2 Å². The van der Waals surface area contributed by atoms with Gasteiger partial charge in [-0.05, 0) is 59.3 Å². The standard InChI is InChI=1S/C19H23Br2N3O4/c20-12-7-11(10-22-13-1-3-14(26)4-2-13)18(15(21)8-12)23-16-9-17(27)24(5-6-25)19(16)28/h7-9,13-14,22-23,25-26H,1-6,10H2. The summed E-state index contributed by atoms with van der Waals surface area (Å²) in [6.07, 6.45) is 4.51. The van der Waals surface area contributed by atoms with E-state index < -0.39 is 11.8 Å². The third-order valence-electron chi connectivity index (χ3n) is 5.01. The lowest BCUT2D eigenvalue weighted by atomic mass is 9.93.